The normalized spacial score (nSPS) is 12.2. The minimum absolute atomic E-state index is 0.0201. The third-order valence-electron chi connectivity index (χ3n) is 2.41. The van der Waals surface area contributed by atoms with Crippen LogP contribution < -0.4 is 5.32 Å². The van der Waals surface area contributed by atoms with Crippen LogP contribution in [-0.4, -0.2) is 12.5 Å². The van der Waals surface area contributed by atoms with Crippen molar-refractivity contribution in [3.05, 3.63) is 33.4 Å². The largest absolute Gasteiger partial charge is 0.352 e. The molecule has 1 rings (SSSR count). The molecule has 15 heavy (non-hydrogen) atoms. The predicted molar refractivity (Wildman–Crippen MR) is 70.9 cm³/mol. The number of hydrogen-bond donors (Lipinski definition) is 1. The second kappa shape index (κ2) is 6.10. The number of rotatable bonds is 4. The Morgan fingerprint density at radius 3 is 2.53 bits per heavy atom. The molecule has 0 bridgehead atoms. The van der Waals surface area contributed by atoms with Crippen LogP contribution in [0.4, 0.5) is 0 Å². The summed E-state index contributed by atoms with van der Waals surface area (Å²) in [6.07, 6.45) is 1.09. The maximum absolute atomic E-state index is 11.7. The van der Waals surface area contributed by atoms with E-state index >= 15 is 0 Å². The van der Waals surface area contributed by atoms with Gasteiger partial charge in [0, 0.05) is 15.7 Å². The van der Waals surface area contributed by atoms with Crippen molar-refractivity contribution in [2.45, 2.75) is 20.3 Å². The minimum atomic E-state index is 0.0201. The first-order valence-electron chi connectivity index (χ1n) is 5.17. The summed E-state index contributed by atoms with van der Waals surface area (Å²) in [4.78, 5) is 11.7. The number of benzene rings is 1. The van der Waals surface area contributed by atoms with Gasteiger partial charge >= 0.3 is 0 Å². The molecule has 0 fully saturated rings. The maximum Gasteiger partial charge on any atom is 0.251 e. The minimum Gasteiger partial charge on any atom is -0.352 e. The molecule has 0 heterocycles. The highest BCUT2D eigenvalue weighted by Crippen LogP contribution is 2.07. The van der Waals surface area contributed by atoms with Gasteiger partial charge in [0.1, 0.15) is 0 Å². The summed E-state index contributed by atoms with van der Waals surface area (Å²) in [6.45, 7) is 5.01. The lowest BCUT2D eigenvalue weighted by atomic mass is 10.1. The lowest BCUT2D eigenvalue weighted by Crippen LogP contribution is -2.27. The monoisotopic (exact) mass is 317 g/mol. The zero-order chi connectivity index (χ0) is 11.3. The van der Waals surface area contributed by atoms with Crippen molar-refractivity contribution in [2.24, 2.45) is 5.92 Å². The molecule has 0 saturated heterocycles. The number of carbonyl (C=O) groups excluding carboxylic acids is 1. The summed E-state index contributed by atoms with van der Waals surface area (Å²) >= 11 is 2.23. The highest BCUT2D eigenvalue weighted by Gasteiger charge is 2.06. The van der Waals surface area contributed by atoms with Gasteiger partial charge in [-0.2, -0.15) is 0 Å². The first-order chi connectivity index (χ1) is 7.13. The second-order valence-electron chi connectivity index (χ2n) is 3.73. The fourth-order valence-electron chi connectivity index (χ4n) is 1.11. The van der Waals surface area contributed by atoms with Crippen molar-refractivity contribution in [1.29, 1.82) is 0 Å². The Labute approximate surface area is 105 Å². The van der Waals surface area contributed by atoms with Crippen LogP contribution in [0.3, 0.4) is 0 Å². The van der Waals surface area contributed by atoms with Crippen LogP contribution in [0.5, 0.6) is 0 Å². The van der Waals surface area contributed by atoms with Crippen LogP contribution in [0.15, 0.2) is 24.3 Å². The molecule has 0 aromatic heterocycles. The van der Waals surface area contributed by atoms with E-state index in [4.69, 9.17) is 0 Å². The zero-order valence-electron chi connectivity index (χ0n) is 9.09. The van der Waals surface area contributed by atoms with Gasteiger partial charge in [0.25, 0.3) is 5.91 Å². The molecule has 1 unspecified atom stereocenters. The molecule has 2 nitrogen and oxygen atoms in total. The van der Waals surface area contributed by atoms with Crippen molar-refractivity contribution < 1.29 is 4.79 Å². The van der Waals surface area contributed by atoms with Gasteiger partial charge in [0.2, 0.25) is 0 Å². The van der Waals surface area contributed by atoms with E-state index in [0.717, 1.165) is 22.1 Å². The van der Waals surface area contributed by atoms with E-state index in [1.165, 1.54) is 0 Å². The van der Waals surface area contributed by atoms with E-state index < -0.39 is 0 Å². The summed E-state index contributed by atoms with van der Waals surface area (Å²) in [5, 5.41) is 2.93. The van der Waals surface area contributed by atoms with Gasteiger partial charge in [0.05, 0.1) is 0 Å². The van der Waals surface area contributed by atoms with Crippen molar-refractivity contribution in [1.82, 2.24) is 5.32 Å². The number of nitrogens with one attached hydrogen (secondary N) is 1. The first kappa shape index (κ1) is 12.5. The van der Waals surface area contributed by atoms with E-state index in [-0.39, 0.29) is 5.91 Å². The number of carbonyl (C=O) groups is 1. The molecule has 1 amide bonds. The third kappa shape index (κ3) is 4.20. The molecule has 1 aromatic carbocycles. The Balaban J connectivity index is 2.50. The Kier molecular flexibility index (Phi) is 5.08. The smallest absolute Gasteiger partial charge is 0.251 e. The lowest BCUT2D eigenvalue weighted by molar-refractivity contribution is 0.0948. The molecule has 1 N–H and O–H groups in total. The molecule has 0 spiro atoms. The fourth-order valence-corrected chi connectivity index (χ4v) is 1.47. The maximum atomic E-state index is 11.7. The number of hydrogen-bond acceptors (Lipinski definition) is 1. The standard InChI is InChI=1S/C12H16INO/c1-3-9(2)8-14-12(15)10-4-6-11(13)7-5-10/h4-7,9H,3,8H2,1-2H3,(H,14,15). The van der Waals surface area contributed by atoms with Gasteiger partial charge < -0.3 is 5.32 Å². The first-order valence-corrected chi connectivity index (χ1v) is 6.25. The third-order valence-corrected chi connectivity index (χ3v) is 3.13. The Morgan fingerprint density at radius 2 is 2.00 bits per heavy atom. The summed E-state index contributed by atoms with van der Waals surface area (Å²) in [5.74, 6) is 0.560. The summed E-state index contributed by atoms with van der Waals surface area (Å²) < 4.78 is 1.14. The topological polar surface area (TPSA) is 29.1 Å². The quantitative estimate of drug-likeness (QED) is 0.850. The fraction of sp³-hybridized carbons (Fsp3) is 0.417. The average molecular weight is 317 g/mol. The average Bonchev–Trinajstić information content (AvgIpc) is 2.26. The summed E-state index contributed by atoms with van der Waals surface area (Å²) in [7, 11) is 0. The van der Waals surface area contributed by atoms with Gasteiger partial charge in [-0.15, -0.1) is 0 Å². The predicted octanol–water partition coefficient (Wildman–Crippen LogP) is 3.07. The molecule has 0 aliphatic carbocycles. The molecule has 1 aromatic rings. The van der Waals surface area contributed by atoms with E-state index in [2.05, 4.69) is 41.8 Å². The zero-order valence-corrected chi connectivity index (χ0v) is 11.2. The molecule has 0 saturated carbocycles. The Bertz CT molecular complexity index is 321. The molecular formula is C12H16INO. The van der Waals surface area contributed by atoms with Gasteiger partial charge in [-0.25, -0.2) is 0 Å². The van der Waals surface area contributed by atoms with Crippen LogP contribution in [0.25, 0.3) is 0 Å². The molecule has 3 heteroatoms. The van der Waals surface area contributed by atoms with E-state index in [9.17, 15) is 4.79 Å². The van der Waals surface area contributed by atoms with Crippen LogP contribution >= 0.6 is 22.6 Å². The van der Waals surface area contributed by atoms with Crippen LogP contribution in [0, 0.1) is 9.49 Å². The molecule has 82 valence electrons. The van der Waals surface area contributed by atoms with Gasteiger partial charge in [0.15, 0.2) is 0 Å². The van der Waals surface area contributed by atoms with Crippen LogP contribution in [-0.2, 0) is 0 Å². The van der Waals surface area contributed by atoms with E-state index in [1.54, 1.807) is 0 Å². The van der Waals surface area contributed by atoms with Gasteiger partial charge in [-0.05, 0) is 52.8 Å². The molecular weight excluding hydrogens is 301 g/mol. The second-order valence-corrected chi connectivity index (χ2v) is 4.98. The highest BCUT2D eigenvalue weighted by atomic mass is 127. The number of amides is 1. The van der Waals surface area contributed by atoms with E-state index in [0.29, 0.717) is 5.92 Å². The number of halogens is 1. The van der Waals surface area contributed by atoms with Crippen molar-refractivity contribution in [3.8, 4) is 0 Å². The Morgan fingerprint density at radius 1 is 1.40 bits per heavy atom. The van der Waals surface area contributed by atoms with Crippen molar-refractivity contribution in [2.75, 3.05) is 6.54 Å². The molecule has 0 radical (unpaired) electrons. The summed E-state index contributed by atoms with van der Waals surface area (Å²) in [5.41, 5.74) is 0.735. The van der Waals surface area contributed by atoms with E-state index in [1.807, 2.05) is 24.3 Å². The summed E-state index contributed by atoms with van der Waals surface area (Å²) in [6, 6.07) is 7.60. The molecule has 0 aliphatic rings. The van der Waals surface area contributed by atoms with Crippen molar-refractivity contribution >= 4 is 28.5 Å². The SMILES string of the molecule is CCC(C)CNC(=O)c1ccc(I)cc1. The van der Waals surface area contributed by atoms with Crippen LogP contribution in [0.1, 0.15) is 30.6 Å². The van der Waals surface area contributed by atoms with Gasteiger partial charge in [-0.3, -0.25) is 4.79 Å². The lowest BCUT2D eigenvalue weighted by Gasteiger charge is -2.09. The molecule has 0 aliphatic heterocycles. The van der Waals surface area contributed by atoms with Gasteiger partial charge in [-0.1, -0.05) is 20.3 Å². The molecule has 1 atom stereocenters. The highest BCUT2D eigenvalue weighted by molar-refractivity contribution is 14.1. The Hall–Kier alpha value is -0.580. The van der Waals surface area contributed by atoms with Crippen LogP contribution in [0.2, 0.25) is 0 Å². The van der Waals surface area contributed by atoms with Crippen molar-refractivity contribution in [3.63, 3.8) is 0 Å².